The summed E-state index contributed by atoms with van der Waals surface area (Å²) in [6.45, 7) is 1.87. The number of aromatic nitrogens is 1. The topological polar surface area (TPSA) is 139 Å². The van der Waals surface area contributed by atoms with E-state index in [1.165, 1.54) is 0 Å². The first-order chi connectivity index (χ1) is 13.3. The fourth-order valence-electron chi connectivity index (χ4n) is 2.75. The molecule has 0 aliphatic carbocycles. The number of benzene rings is 2. The van der Waals surface area contributed by atoms with Crippen LogP contribution in [-0.4, -0.2) is 27.2 Å². The van der Waals surface area contributed by atoms with Gasteiger partial charge in [0, 0.05) is 6.42 Å². The summed E-state index contributed by atoms with van der Waals surface area (Å²) < 4.78 is 10.7. The largest absolute Gasteiger partial charge is 0.492 e. The zero-order chi connectivity index (χ0) is 20.3. The van der Waals surface area contributed by atoms with E-state index < -0.39 is 17.8 Å². The number of hydrogen-bond donors (Lipinski definition) is 4. The second-order valence-corrected chi connectivity index (χ2v) is 6.45. The minimum absolute atomic E-state index is 0.171. The van der Waals surface area contributed by atoms with Gasteiger partial charge in [0.05, 0.1) is 0 Å². The minimum atomic E-state index is -1.04. The van der Waals surface area contributed by atoms with Crippen LogP contribution in [0.1, 0.15) is 22.5 Å². The van der Waals surface area contributed by atoms with Crippen molar-refractivity contribution < 1.29 is 24.2 Å². The first-order valence-electron chi connectivity index (χ1n) is 8.57. The zero-order valence-electron chi connectivity index (χ0n) is 15.1. The molecular weight excluding hydrogens is 364 g/mol. The van der Waals surface area contributed by atoms with Gasteiger partial charge in [0.25, 0.3) is 0 Å². The zero-order valence-corrected chi connectivity index (χ0v) is 15.1. The summed E-state index contributed by atoms with van der Waals surface area (Å²) in [6, 6.07) is 11.6. The fourth-order valence-corrected chi connectivity index (χ4v) is 2.75. The summed E-state index contributed by atoms with van der Waals surface area (Å²) in [5.74, 6) is -0.611. The molecule has 8 nitrogen and oxygen atoms in total. The first-order valence-corrected chi connectivity index (χ1v) is 8.57. The van der Waals surface area contributed by atoms with E-state index in [0.717, 1.165) is 16.7 Å². The molecule has 3 aromatic rings. The van der Waals surface area contributed by atoms with E-state index in [0.29, 0.717) is 11.5 Å². The molecule has 0 radical (unpaired) electrons. The van der Waals surface area contributed by atoms with Gasteiger partial charge in [-0.2, -0.15) is 0 Å². The Labute approximate surface area is 160 Å². The van der Waals surface area contributed by atoms with Crippen LogP contribution in [-0.2, 0) is 17.6 Å². The highest BCUT2D eigenvalue weighted by Gasteiger charge is 2.14. The number of nitrogens with one attached hydrogen (secondary N) is 1. The Balaban J connectivity index is 1.67. The molecular formula is C20H20N2O6. The Bertz CT molecular complexity index is 1040. The van der Waals surface area contributed by atoms with Crippen molar-refractivity contribution in [3.8, 4) is 17.4 Å². The van der Waals surface area contributed by atoms with Crippen LogP contribution in [0.3, 0.4) is 0 Å². The van der Waals surface area contributed by atoms with Gasteiger partial charge >= 0.3 is 11.7 Å². The minimum Gasteiger partial charge on any atom is -0.492 e. The molecule has 2 aromatic carbocycles. The van der Waals surface area contributed by atoms with Gasteiger partial charge in [0.2, 0.25) is 5.88 Å². The number of ether oxygens (including phenoxy) is 1. The summed E-state index contributed by atoms with van der Waals surface area (Å²) in [5.41, 5.74) is 8.16. The molecule has 0 aliphatic heterocycles. The van der Waals surface area contributed by atoms with E-state index in [4.69, 9.17) is 20.0 Å². The number of carboxylic acids is 1. The van der Waals surface area contributed by atoms with Crippen LogP contribution in [0.5, 0.6) is 17.4 Å². The van der Waals surface area contributed by atoms with E-state index in [9.17, 15) is 14.7 Å². The van der Waals surface area contributed by atoms with Crippen molar-refractivity contribution in [2.24, 2.45) is 5.73 Å². The van der Waals surface area contributed by atoms with Crippen molar-refractivity contribution in [3.05, 3.63) is 75.5 Å². The quantitative estimate of drug-likeness (QED) is 0.490. The highest BCUT2D eigenvalue weighted by molar-refractivity contribution is 5.73. The lowest BCUT2D eigenvalue weighted by Crippen LogP contribution is -2.32. The molecule has 0 fully saturated rings. The van der Waals surface area contributed by atoms with Gasteiger partial charge in [0.15, 0.2) is 5.76 Å². The third kappa shape index (κ3) is 4.60. The number of hydrogen-bond acceptors (Lipinski definition) is 6. The highest BCUT2D eigenvalue weighted by atomic mass is 16.5. The lowest BCUT2D eigenvalue weighted by molar-refractivity contribution is -0.138. The molecule has 0 saturated heterocycles. The Morgan fingerprint density at radius 2 is 1.89 bits per heavy atom. The molecule has 3 rings (SSSR count). The molecule has 0 amide bonds. The average Bonchev–Trinajstić information content (AvgIpc) is 2.96. The predicted octanol–water partition coefficient (Wildman–Crippen LogP) is 2.32. The van der Waals surface area contributed by atoms with Crippen LogP contribution in [0.4, 0.5) is 0 Å². The van der Waals surface area contributed by atoms with E-state index >= 15 is 0 Å². The number of aromatic hydroxyl groups is 1. The van der Waals surface area contributed by atoms with Gasteiger partial charge in [0.1, 0.15) is 17.5 Å². The van der Waals surface area contributed by atoms with Crippen LogP contribution < -0.4 is 16.2 Å². The van der Waals surface area contributed by atoms with Gasteiger partial charge in [-0.1, -0.05) is 18.2 Å². The second kappa shape index (κ2) is 8.01. The predicted molar refractivity (Wildman–Crippen MR) is 101 cm³/mol. The van der Waals surface area contributed by atoms with Crippen LogP contribution in [0.2, 0.25) is 0 Å². The normalized spacial score (nSPS) is 11.9. The molecule has 1 heterocycles. The van der Waals surface area contributed by atoms with Gasteiger partial charge in [-0.25, -0.2) is 4.79 Å². The van der Waals surface area contributed by atoms with Gasteiger partial charge in [-0.3, -0.25) is 9.78 Å². The summed E-state index contributed by atoms with van der Waals surface area (Å²) in [6.07, 6.45) is 0.515. The lowest BCUT2D eigenvalue weighted by Gasteiger charge is -2.12. The molecule has 1 unspecified atom stereocenters. The Hall–Kier alpha value is -3.52. The van der Waals surface area contributed by atoms with E-state index in [2.05, 4.69) is 4.98 Å². The number of aliphatic carboxylic acids is 1. The number of carboxylic acid groups (broad SMARTS) is 1. The maximum Gasteiger partial charge on any atom is 0.419 e. The fraction of sp³-hybridized carbons (Fsp3) is 0.200. The van der Waals surface area contributed by atoms with E-state index in [1.54, 1.807) is 36.4 Å². The van der Waals surface area contributed by atoms with Crippen LogP contribution in [0.15, 0.2) is 51.7 Å². The second-order valence-electron chi connectivity index (χ2n) is 6.45. The monoisotopic (exact) mass is 384 g/mol. The van der Waals surface area contributed by atoms with Crippen LogP contribution in [0, 0.1) is 6.92 Å². The molecule has 0 aliphatic rings. The van der Waals surface area contributed by atoms with Gasteiger partial charge in [-0.05, 0) is 54.3 Å². The molecule has 0 saturated carbocycles. The number of aryl methyl sites for hydroxylation is 1. The molecule has 0 bridgehead atoms. The first kappa shape index (κ1) is 19.2. The highest BCUT2D eigenvalue weighted by Crippen LogP contribution is 2.25. The summed E-state index contributed by atoms with van der Waals surface area (Å²) in [5, 5.41) is 18.5. The molecule has 28 heavy (non-hydrogen) atoms. The maximum atomic E-state index is 11.1. The number of H-pyrrole nitrogens is 1. The van der Waals surface area contributed by atoms with Crippen molar-refractivity contribution in [1.82, 2.24) is 4.98 Å². The number of carbonyl (C=O) groups is 1. The number of aromatic amines is 1. The van der Waals surface area contributed by atoms with Gasteiger partial charge in [-0.15, -0.1) is 0 Å². The number of oxazole rings is 1. The lowest BCUT2D eigenvalue weighted by atomic mass is 10.0. The standard InChI is InChI=1S/C20H20N2O6/c1-11-8-15(7-4-13(11)10-16(21)19(24)25)27-14-5-2-12(3-6-14)9-17-18(23)22-20(26)28-17/h2-8,16,23H,9-10,21H2,1H3,(H,22,26)(H,24,25). The summed E-state index contributed by atoms with van der Waals surface area (Å²) in [4.78, 5) is 24.1. The molecule has 0 spiro atoms. The van der Waals surface area contributed by atoms with Crippen molar-refractivity contribution >= 4 is 5.97 Å². The van der Waals surface area contributed by atoms with Crippen molar-refractivity contribution in [2.45, 2.75) is 25.8 Å². The summed E-state index contributed by atoms with van der Waals surface area (Å²) in [7, 11) is 0. The van der Waals surface area contributed by atoms with Crippen LogP contribution >= 0.6 is 0 Å². The van der Waals surface area contributed by atoms with Gasteiger partial charge < -0.3 is 25.1 Å². The molecule has 146 valence electrons. The van der Waals surface area contributed by atoms with Crippen molar-refractivity contribution in [2.75, 3.05) is 0 Å². The SMILES string of the molecule is Cc1cc(Oc2ccc(Cc3oc(=O)[nH]c3O)cc2)ccc1CC(N)C(=O)O. The molecule has 1 aromatic heterocycles. The Morgan fingerprint density at radius 1 is 1.21 bits per heavy atom. The maximum absolute atomic E-state index is 11.1. The molecule has 1 atom stereocenters. The Kier molecular flexibility index (Phi) is 5.51. The van der Waals surface area contributed by atoms with E-state index in [1.807, 2.05) is 13.0 Å². The van der Waals surface area contributed by atoms with Crippen LogP contribution in [0.25, 0.3) is 0 Å². The third-order valence-corrected chi connectivity index (χ3v) is 4.30. The summed E-state index contributed by atoms with van der Waals surface area (Å²) >= 11 is 0. The molecule has 8 heteroatoms. The molecule has 5 N–H and O–H groups in total. The van der Waals surface area contributed by atoms with Crippen molar-refractivity contribution in [1.29, 1.82) is 0 Å². The number of nitrogens with two attached hydrogens (primary N) is 1. The number of rotatable bonds is 7. The smallest absolute Gasteiger partial charge is 0.419 e. The average molecular weight is 384 g/mol. The Morgan fingerprint density at radius 3 is 2.46 bits per heavy atom. The van der Waals surface area contributed by atoms with Crippen molar-refractivity contribution in [3.63, 3.8) is 0 Å². The third-order valence-electron chi connectivity index (χ3n) is 4.30. The van der Waals surface area contributed by atoms with E-state index in [-0.39, 0.29) is 24.5 Å².